The average Bonchev–Trinajstić information content (AvgIpc) is 2.34. The summed E-state index contributed by atoms with van der Waals surface area (Å²) in [6, 6.07) is 8.77. The molecular formula is C13H20FNS. The van der Waals surface area contributed by atoms with Gasteiger partial charge in [-0.05, 0) is 37.6 Å². The van der Waals surface area contributed by atoms with Gasteiger partial charge >= 0.3 is 0 Å². The summed E-state index contributed by atoms with van der Waals surface area (Å²) in [4.78, 5) is 1.14. The maximum atomic E-state index is 12.0. The molecule has 0 heterocycles. The highest BCUT2D eigenvalue weighted by molar-refractivity contribution is 7.99. The first-order valence-corrected chi connectivity index (χ1v) is 6.78. The largest absolute Gasteiger partial charge is 0.310 e. The highest BCUT2D eigenvalue weighted by Gasteiger charge is 2.03. The first kappa shape index (κ1) is 13.5. The molecule has 1 unspecified atom stereocenters. The van der Waals surface area contributed by atoms with E-state index in [1.54, 1.807) is 11.8 Å². The van der Waals surface area contributed by atoms with E-state index in [4.69, 9.17) is 0 Å². The van der Waals surface area contributed by atoms with Crippen LogP contribution in [0.5, 0.6) is 0 Å². The summed E-state index contributed by atoms with van der Waals surface area (Å²) in [6.07, 6.45) is 1.15. The molecule has 0 radical (unpaired) electrons. The van der Waals surface area contributed by atoms with Crippen molar-refractivity contribution in [1.29, 1.82) is 0 Å². The van der Waals surface area contributed by atoms with Gasteiger partial charge in [-0.1, -0.05) is 19.1 Å². The average molecular weight is 241 g/mol. The summed E-state index contributed by atoms with van der Waals surface area (Å²) in [5, 5.41) is 3.44. The van der Waals surface area contributed by atoms with Gasteiger partial charge in [0.1, 0.15) is 0 Å². The van der Waals surface area contributed by atoms with Gasteiger partial charge in [-0.25, -0.2) is 0 Å². The second-order valence-corrected chi connectivity index (χ2v) is 4.95. The fraction of sp³-hybridized carbons (Fsp3) is 0.538. The Labute approximate surface area is 102 Å². The van der Waals surface area contributed by atoms with Gasteiger partial charge in [0.25, 0.3) is 0 Å². The maximum Gasteiger partial charge on any atom is 0.0988 e. The van der Waals surface area contributed by atoms with Gasteiger partial charge in [-0.3, -0.25) is 4.39 Å². The molecule has 0 aromatic heterocycles. The van der Waals surface area contributed by atoms with Crippen LogP contribution in [-0.2, 0) is 0 Å². The van der Waals surface area contributed by atoms with Crippen molar-refractivity contribution in [2.45, 2.75) is 31.2 Å². The van der Waals surface area contributed by atoms with Gasteiger partial charge < -0.3 is 5.32 Å². The quantitative estimate of drug-likeness (QED) is 0.729. The molecule has 0 saturated carbocycles. The van der Waals surface area contributed by atoms with Gasteiger partial charge in [0.15, 0.2) is 0 Å². The molecule has 90 valence electrons. The Bertz CT molecular complexity index is 286. The van der Waals surface area contributed by atoms with E-state index < -0.39 is 0 Å². The van der Waals surface area contributed by atoms with Gasteiger partial charge in [0.2, 0.25) is 0 Å². The zero-order valence-corrected chi connectivity index (χ0v) is 10.8. The lowest BCUT2D eigenvalue weighted by Gasteiger charge is -2.13. The molecule has 0 aliphatic heterocycles. The first-order chi connectivity index (χ1) is 7.77. The summed E-state index contributed by atoms with van der Waals surface area (Å²) in [5.74, 6) is 0.545. The zero-order chi connectivity index (χ0) is 11.8. The second kappa shape index (κ2) is 7.69. The van der Waals surface area contributed by atoms with Crippen molar-refractivity contribution in [3.63, 3.8) is 0 Å². The fourth-order valence-corrected chi connectivity index (χ4v) is 2.13. The van der Waals surface area contributed by atoms with Crippen LogP contribution in [0.15, 0.2) is 29.2 Å². The predicted octanol–water partition coefficient (Wildman–Crippen LogP) is 3.81. The Morgan fingerprint density at radius 3 is 2.56 bits per heavy atom. The molecule has 0 spiro atoms. The van der Waals surface area contributed by atoms with Crippen LogP contribution >= 0.6 is 11.8 Å². The Kier molecular flexibility index (Phi) is 6.50. The van der Waals surface area contributed by atoms with E-state index in [2.05, 4.69) is 43.4 Å². The molecule has 1 aromatic rings. The molecule has 0 aliphatic rings. The van der Waals surface area contributed by atoms with Crippen LogP contribution in [0.2, 0.25) is 0 Å². The van der Waals surface area contributed by atoms with Crippen LogP contribution in [0.1, 0.15) is 31.9 Å². The molecule has 0 amide bonds. The van der Waals surface area contributed by atoms with Gasteiger partial charge in [0, 0.05) is 16.7 Å². The first-order valence-electron chi connectivity index (χ1n) is 5.80. The van der Waals surface area contributed by atoms with Crippen LogP contribution in [0.25, 0.3) is 0 Å². The van der Waals surface area contributed by atoms with Gasteiger partial charge in [-0.15, -0.1) is 11.8 Å². The lowest BCUT2D eigenvalue weighted by molar-refractivity contribution is 0.533. The summed E-state index contributed by atoms with van der Waals surface area (Å²) in [6.45, 7) is 5.11. The monoisotopic (exact) mass is 241 g/mol. The van der Waals surface area contributed by atoms with Crippen LogP contribution in [0.4, 0.5) is 4.39 Å². The van der Waals surface area contributed by atoms with Crippen molar-refractivity contribution < 1.29 is 4.39 Å². The van der Waals surface area contributed by atoms with E-state index >= 15 is 0 Å². The number of rotatable bonds is 7. The molecule has 16 heavy (non-hydrogen) atoms. The molecule has 1 atom stereocenters. The number of benzene rings is 1. The molecule has 0 saturated heterocycles. The van der Waals surface area contributed by atoms with Crippen molar-refractivity contribution in [2.75, 3.05) is 19.0 Å². The molecule has 1 rings (SSSR count). The summed E-state index contributed by atoms with van der Waals surface area (Å²) < 4.78 is 12.0. The van der Waals surface area contributed by atoms with Crippen molar-refractivity contribution in [3.05, 3.63) is 29.8 Å². The smallest absolute Gasteiger partial charge is 0.0988 e. The SMILES string of the molecule is CCCNC(C)c1ccc(SCCF)cc1. The third-order valence-electron chi connectivity index (χ3n) is 2.43. The van der Waals surface area contributed by atoms with E-state index in [0.29, 0.717) is 11.8 Å². The number of thioether (sulfide) groups is 1. The number of halogens is 1. The molecule has 0 bridgehead atoms. The van der Waals surface area contributed by atoms with Crippen LogP contribution < -0.4 is 5.32 Å². The van der Waals surface area contributed by atoms with Crippen molar-refractivity contribution in [3.8, 4) is 0 Å². The fourth-order valence-electron chi connectivity index (χ4n) is 1.49. The third-order valence-corrected chi connectivity index (χ3v) is 3.39. The van der Waals surface area contributed by atoms with E-state index in [0.717, 1.165) is 17.9 Å². The molecule has 0 fully saturated rings. The topological polar surface area (TPSA) is 12.0 Å². The second-order valence-electron chi connectivity index (χ2n) is 3.78. The molecule has 1 nitrogen and oxygen atoms in total. The van der Waals surface area contributed by atoms with Crippen LogP contribution in [0, 0.1) is 0 Å². The number of nitrogens with one attached hydrogen (secondary N) is 1. The normalized spacial score (nSPS) is 12.7. The minimum atomic E-state index is -0.263. The summed E-state index contributed by atoms with van der Waals surface area (Å²) >= 11 is 1.56. The van der Waals surface area contributed by atoms with E-state index in [-0.39, 0.29) is 6.67 Å². The van der Waals surface area contributed by atoms with Crippen molar-refractivity contribution >= 4 is 11.8 Å². The Morgan fingerprint density at radius 1 is 1.31 bits per heavy atom. The zero-order valence-electron chi connectivity index (χ0n) is 10.0. The molecule has 1 aromatic carbocycles. The molecular weight excluding hydrogens is 221 g/mol. The third kappa shape index (κ3) is 4.54. The highest BCUT2D eigenvalue weighted by Crippen LogP contribution is 2.20. The molecule has 3 heteroatoms. The number of hydrogen-bond acceptors (Lipinski definition) is 2. The number of hydrogen-bond donors (Lipinski definition) is 1. The number of alkyl halides is 1. The lowest BCUT2D eigenvalue weighted by atomic mass is 10.1. The van der Waals surface area contributed by atoms with E-state index in [1.807, 2.05) is 0 Å². The Morgan fingerprint density at radius 2 is 2.00 bits per heavy atom. The predicted molar refractivity (Wildman–Crippen MR) is 69.8 cm³/mol. The maximum absolute atomic E-state index is 12.0. The highest BCUT2D eigenvalue weighted by atomic mass is 32.2. The minimum Gasteiger partial charge on any atom is -0.310 e. The Balaban J connectivity index is 2.49. The summed E-state index contributed by atoms with van der Waals surface area (Å²) in [5.41, 5.74) is 1.29. The standard InChI is InChI=1S/C13H20FNS/c1-3-9-15-11(2)12-4-6-13(7-5-12)16-10-8-14/h4-7,11,15H,3,8-10H2,1-2H3. The molecule has 1 N–H and O–H groups in total. The van der Waals surface area contributed by atoms with E-state index in [9.17, 15) is 4.39 Å². The minimum absolute atomic E-state index is 0.263. The lowest BCUT2D eigenvalue weighted by Crippen LogP contribution is -2.19. The molecule has 0 aliphatic carbocycles. The van der Waals surface area contributed by atoms with Crippen molar-refractivity contribution in [2.24, 2.45) is 0 Å². The Hall–Kier alpha value is -0.540. The van der Waals surface area contributed by atoms with Crippen molar-refractivity contribution in [1.82, 2.24) is 5.32 Å². The van der Waals surface area contributed by atoms with E-state index in [1.165, 1.54) is 5.56 Å². The van der Waals surface area contributed by atoms with Crippen LogP contribution in [-0.4, -0.2) is 19.0 Å². The van der Waals surface area contributed by atoms with Gasteiger partial charge in [0.05, 0.1) is 6.67 Å². The summed E-state index contributed by atoms with van der Waals surface area (Å²) in [7, 11) is 0. The van der Waals surface area contributed by atoms with Gasteiger partial charge in [-0.2, -0.15) is 0 Å². The van der Waals surface area contributed by atoms with Crippen LogP contribution in [0.3, 0.4) is 0 Å².